The Balaban J connectivity index is 1.66. The third kappa shape index (κ3) is 1.66. The average molecular weight is 259 g/mol. The predicted molar refractivity (Wildman–Crippen MR) is 74.8 cm³/mol. The van der Waals surface area contributed by atoms with Gasteiger partial charge < -0.3 is 9.64 Å². The monoisotopic (exact) mass is 259 g/mol. The lowest BCUT2D eigenvalue weighted by Gasteiger charge is -2.50. The standard InChI is InChI=1S/C15H21N3O/c1-17(2)13-7-11-8-15(19-14(11)16-9-13)10-18-5-3-12(15)4-6-18/h7,9,12H,3-6,8,10H2,1-2H3. The maximum atomic E-state index is 6.33. The molecular weight excluding hydrogens is 238 g/mol. The molecule has 19 heavy (non-hydrogen) atoms. The van der Waals surface area contributed by atoms with Crippen LogP contribution in [0.3, 0.4) is 0 Å². The first-order valence-electron chi connectivity index (χ1n) is 7.24. The van der Waals surface area contributed by atoms with Gasteiger partial charge in [0, 0.05) is 38.5 Å². The van der Waals surface area contributed by atoms with Crippen LogP contribution < -0.4 is 9.64 Å². The lowest BCUT2D eigenvalue weighted by molar-refractivity contribution is -0.0814. The van der Waals surface area contributed by atoms with Crippen molar-refractivity contribution in [2.45, 2.75) is 24.9 Å². The lowest BCUT2D eigenvalue weighted by Crippen LogP contribution is -2.61. The third-order valence-electron chi connectivity index (χ3n) is 5.04. The molecule has 1 aromatic rings. The molecule has 5 heterocycles. The van der Waals surface area contributed by atoms with Gasteiger partial charge in [-0.15, -0.1) is 0 Å². The molecule has 0 amide bonds. The highest BCUT2D eigenvalue weighted by molar-refractivity contribution is 5.50. The molecule has 1 atom stereocenters. The minimum absolute atomic E-state index is 0.0246. The van der Waals surface area contributed by atoms with Crippen LogP contribution in [0, 0.1) is 5.92 Å². The maximum absolute atomic E-state index is 6.33. The molecule has 1 aromatic heterocycles. The molecule has 3 saturated heterocycles. The summed E-state index contributed by atoms with van der Waals surface area (Å²) in [6.07, 6.45) is 5.53. The normalized spacial score (nSPS) is 35.3. The zero-order chi connectivity index (χ0) is 13.0. The minimum atomic E-state index is 0.0246. The van der Waals surface area contributed by atoms with Crippen molar-refractivity contribution in [2.75, 3.05) is 38.6 Å². The Labute approximate surface area is 114 Å². The van der Waals surface area contributed by atoms with Crippen molar-refractivity contribution in [1.29, 1.82) is 0 Å². The summed E-state index contributed by atoms with van der Waals surface area (Å²) in [4.78, 5) is 9.19. The van der Waals surface area contributed by atoms with E-state index in [2.05, 4.69) is 34.9 Å². The summed E-state index contributed by atoms with van der Waals surface area (Å²) in [6, 6.07) is 2.24. The molecule has 5 rings (SSSR count). The van der Waals surface area contributed by atoms with Crippen LogP contribution in [0.25, 0.3) is 0 Å². The van der Waals surface area contributed by atoms with Gasteiger partial charge in [0.2, 0.25) is 5.88 Å². The second-order valence-electron chi connectivity index (χ2n) is 6.45. The SMILES string of the molecule is CN(C)c1cnc2c(c1)CC1(CN3CCC1CC3)O2. The van der Waals surface area contributed by atoms with Crippen molar-refractivity contribution in [3.63, 3.8) is 0 Å². The summed E-state index contributed by atoms with van der Waals surface area (Å²) < 4.78 is 6.33. The number of ether oxygens (including phenoxy) is 1. The summed E-state index contributed by atoms with van der Waals surface area (Å²) in [6.45, 7) is 3.59. The maximum Gasteiger partial charge on any atom is 0.217 e. The summed E-state index contributed by atoms with van der Waals surface area (Å²) in [5, 5.41) is 0. The smallest absolute Gasteiger partial charge is 0.217 e. The van der Waals surface area contributed by atoms with Gasteiger partial charge in [0.25, 0.3) is 0 Å². The molecule has 3 fully saturated rings. The second kappa shape index (κ2) is 3.85. The fourth-order valence-electron chi connectivity index (χ4n) is 3.94. The zero-order valence-corrected chi connectivity index (χ0v) is 11.7. The zero-order valence-electron chi connectivity index (χ0n) is 11.7. The van der Waals surface area contributed by atoms with Gasteiger partial charge in [0.1, 0.15) is 5.60 Å². The summed E-state index contributed by atoms with van der Waals surface area (Å²) in [7, 11) is 4.12. The number of hydrogen-bond donors (Lipinski definition) is 0. The molecule has 0 saturated carbocycles. The van der Waals surface area contributed by atoms with E-state index >= 15 is 0 Å². The van der Waals surface area contributed by atoms with E-state index in [9.17, 15) is 0 Å². The molecule has 0 aliphatic carbocycles. The molecule has 102 valence electrons. The van der Waals surface area contributed by atoms with Crippen LogP contribution in [0.5, 0.6) is 5.88 Å². The van der Waals surface area contributed by atoms with Gasteiger partial charge in [-0.2, -0.15) is 0 Å². The molecule has 0 N–H and O–H groups in total. The van der Waals surface area contributed by atoms with Gasteiger partial charge in [-0.25, -0.2) is 4.98 Å². The number of anilines is 1. The van der Waals surface area contributed by atoms with Gasteiger partial charge in [0.05, 0.1) is 11.9 Å². The Morgan fingerprint density at radius 3 is 2.79 bits per heavy atom. The van der Waals surface area contributed by atoms with Crippen LogP contribution >= 0.6 is 0 Å². The molecule has 4 aliphatic heterocycles. The topological polar surface area (TPSA) is 28.6 Å². The van der Waals surface area contributed by atoms with E-state index in [1.54, 1.807) is 0 Å². The van der Waals surface area contributed by atoms with Crippen LogP contribution in [0.2, 0.25) is 0 Å². The molecule has 2 bridgehead atoms. The fourth-order valence-corrected chi connectivity index (χ4v) is 3.94. The summed E-state index contributed by atoms with van der Waals surface area (Å²) in [5.74, 6) is 1.59. The third-order valence-corrected chi connectivity index (χ3v) is 5.04. The highest BCUT2D eigenvalue weighted by Crippen LogP contribution is 2.46. The molecular formula is C15H21N3O. The van der Waals surface area contributed by atoms with Crippen LogP contribution in [-0.4, -0.2) is 49.2 Å². The lowest BCUT2D eigenvalue weighted by atomic mass is 9.73. The van der Waals surface area contributed by atoms with E-state index in [1.807, 2.05) is 6.20 Å². The van der Waals surface area contributed by atoms with E-state index in [-0.39, 0.29) is 5.60 Å². The quantitative estimate of drug-likeness (QED) is 0.765. The van der Waals surface area contributed by atoms with Gasteiger partial charge in [-0.05, 0) is 32.0 Å². The highest BCUT2D eigenvalue weighted by Gasteiger charge is 2.52. The number of piperidine rings is 3. The number of nitrogens with zero attached hydrogens (tertiary/aromatic N) is 3. The Bertz CT molecular complexity index is 508. The Kier molecular flexibility index (Phi) is 2.34. The first-order chi connectivity index (χ1) is 9.16. The van der Waals surface area contributed by atoms with Crippen LogP contribution in [-0.2, 0) is 6.42 Å². The first kappa shape index (κ1) is 11.5. The minimum Gasteiger partial charge on any atom is -0.469 e. The van der Waals surface area contributed by atoms with Gasteiger partial charge in [-0.1, -0.05) is 0 Å². The molecule has 0 radical (unpaired) electrons. The van der Waals surface area contributed by atoms with Crippen LogP contribution in [0.4, 0.5) is 5.69 Å². The number of rotatable bonds is 1. The highest BCUT2D eigenvalue weighted by atomic mass is 16.5. The predicted octanol–water partition coefficient (Wildman–Crippen LogP) is 1.55. The second-order valence-corrected chi connectivity index (χ2v) is 6.45. The Morgan fingerprint density at radius 2 is 2.16 bits per heavy atom. The molecule has 1 unspecified atom stereocenters. The Hall–Kier alpha value is -1.29. The molecule has 4 heteroatoms. The van der Waals surface area contributed by atoms with Crippen molar-refractivity contribution in [1.82, 2.24) is 9.88 Å². The van der Waals surface area contributed by atoms with Crippen molar-refractivity contribution >= 4 is 5.69 Å². The van der Waals surface area contributed by atoms with E-state index < -0.39 is 0 Å². The molecule has 0 aromatic carbocycles. The average Bonchev–Trinajstić information content (AvgIpc) is 2.76. The van der Waals surface area contributed by atoms with Crippen LogP contribution in [0.1, 0.15) is 18.4 Å². The number of fused-ring (bicyclic) bond motifs is 3. The van der Waals surface area contributed by atoms with Crippen molar-refractivity contribution in [3.05, 3.63) is 17.8 Å². The first-order valence-corrected chi connectivity index (χ1v) is 7.24. The van der Waals surface area contributed by atoms with E-state index in [0.717, 1.165) is 24.8 Å². The van der Waals surface area contributed by atoms with Gasteiger partial charge >= 0.3 is 0 Å². The van der Waals surface area contributed by atoms with Gasteiger partial charge in [0.15, 0.2) is 0 Å². The number of aromatic nitrogens is 1. The van der Waals surface area contributed by atoms with Crippen molar-refractivity contribution in [2.24, 2.45) is 5.92 Å². The summed E-state index contributed by atoms with van der Waals surface area (Å²) in [5.41, 5.74) is 2.48. The van der Waals surface area contributed by atoms with Crippen molar-refractivity contribution in [3.8, 4) is 5.88 Å². The largest absolute Gasteiger partial charge is 0.469 e. The van der Waals surface area contributed by atoms with Gasteiger partial charge in [-0.3, -0.25) is 4.90 Å². The molecule has 4 aliphatic rings. The fraction of sp³-hybridized carbons (Fsp3) is 0.667. The summed E-state index contributed by atoms with van der Waals surface area (Å²) >= 11 is 0. The Morgan fingerprint density at radius 1 is 1.37 bits per heavy atom. The van der Waals surface area contributed by atoms with E-state index in [0.29, 0.717) is 0 Å². The number of pyridine rings is 1. The van der Waals surface area contributed by atoms with Crippen LogP contribution in [0.15, 0.2) is 12.3 Å². The molecule has 4 nitrogen and oxygen atoms in total. The molecule has 1 spiro atoms. The van der Waals surface area contributed by atoms with E-state index in [1.165, 1.54) is 37.2 Å². The van der Waals surface area contributed by atoms with E-state index in [4.69, 9.17) is 4.74 Å². The number of hydrogen-bond acceptors (Lipinski definition) is 4. The van der Waals surface area contributed by atoms with Crippen molar-refractivity contribution < 1.29 is 4.74 Å².